The number of amides is 1. The molecule has 0 unspecified atom stereocenters. The Morgan fingerprint density at radius 1 is 1.12 bits per heavy atom. The molecule has 140 valence electrons. The Kier molecular flexibility index (Phi) is 7.94. The third-order valence-corrected chi connectivity index (χ3v) is 4.77. The van der Waals surface area contributed by atoms with Crippen LogP contribution < -0.4 is 10.6 Å². The molecule has 0 aliphatic rings. The lowest BCUT2D eigenvalue weighted by atomic mass is 10.1. The van der Waals surface area contributed by atoms with E-state index in [1.165, 1.54) is 0 Å². The maximum Gasteiger partial charge on any atom is 0.251 e. The number of anilines is 1. The molecule has 0 aliphatic carbocycles. The third-order valence-electron chi connectivity index (χ3n) is 4.28. The summed E-state index contributed by atoms with van der Waals surface area (Å²) < 4.78 is 0.920. The summed E-state index contributed by atoms with van der Waals surface area (Å²) in [7, 11) is 0. The molecule has 0 bridgehead atoms. The van der Waals surface area contributed by atoms with Gasteiger partial charge in [0.05, 0.1) is 0 Å². The van der Waals surface area contributed by atoms with E-state index in [2.05, 4.69) is 45.3 Å². The lowest BCUT2D eigenvalue weighted by Gasteiger charge is -2.18. The van der Waals surface area contributed by atoms with Gasteiger partial charge in [-0.25, -0.2) is 0 Å². The minimum absolute atomic E-state index is 0.0617. The summed E-state index contributed by atoms with van der Waals surface area (Å²) in [5.41, 5.74) is 2.34. The predicted molar refractivity (Wildman–Crippen MR) is 110 cm³/mol. The number of rotatable bonds is 9. The molecule has 0 atom stereocenters. The number of nitrogens with one attached hydrogen (secondary N) is 2. The zero-order chi connectivity index (χ0) is 18.9. The maximum atomic E-state index is 12.2. The standard InChI is InChI=1S/C20H26BrN3O2/c1-3-24(4-2)12-11-22-20(26)15-5-8-18(9-6-15)23-14-16-13-17(21)7-10-19(16)25/h5-10,13,23,25H,3-4,11-12,14H2,1-2H3,(H,22,26). The van der Waals surface area contributed by atoms with E-state index in [-0.39, 0.29) is 11.7 Å². The molecule has 0 aromatic heterocycles. The van der Waals surface area contributed by atoms with Gasteiger partial charge in [0.1, 0.15) is 5.75 Å². The molecule has 2 aromatic rings. The highest BCUT2D eigenvalue weighted by molar-refractivity contribution is 9.10. The van der Waals surface area contributed by atoms with Crippen LogP contribution in [0.2, 0.25) is 0 Å². The molecular formula is C20H26BrN3O2. The minimum atomic E-state index is -0.0617. The van der Waals surface area contributed by atoms with Crippen molar-refractivity contribution in [2.24, 2.45) is 0 Å². The minimum Gasteiger partial charge on any atom is -0.508 e. The number of carbonyl (C=O) groups excluding carboxylic acids is 1. The van der Waals surface area contributed by atoms with E-state index in [1.54, 1.807) is 24.3 Å². The molecule has 2 aromatic carbocycles. The molecule has 0 radical (unpaired) electrons. The molecule has 3 N–H and O–H groups in total. The number of benzene rings is 2. The van der Waals surface area contributed by atoms with Crippen LogP contribution in [0.4, 0.5) is 5.69 Å². The van der Waals surface area contributed by atoms with Crippen molar-refractivity contribution in [2.45, 2.75) is 20.4 Å². The first-order valence-corrected chi connectivity index (χ1v) is 9.64. The van der Waals surface area contributed by atoms with Crippen LogP contribution in [-0.4, -0.2) is 42.1 Å². The maximum absolute atomic E-state index is 12.2. The van der Waals surface area contributed by atoms with Gasteiger partial charge in [-0.2, -0.15) is 0 Å². The van der Waals surface area contributed by atoms with E-state index in [1.807, 2.05) is 18.2 Å². The fourth-order valence-corrected chi connectivity index (χ4v) is 3.01. The number of nitrogens with zero attached hydrogens (tertiary/aromatic N) is 1. The van der Waals surface area contributed by atoms with Crippen molar-refractivity contribution in [3.63, 3.8) is 0 Å². The van der Waals surface area contributed by atoms with E-state index in [0.29, 0.717) is 18.7 Å². The van der Waals surface area contributed by atoms with Crippen LogP contribution in [0.25, 0.3) is 0 Å². The van der Waals surface area contributed by atoms with Gasteiger partial charge in [0.15, 0.2) is 0 Å². The van der Waals surface area contributed by atoms with Crippen LogP contribution in [-0.2, 0) is 6.54 Å². The summed E-state index contributed by atoms with van der Waals surface area (Å²) in [6.07, 6.45) is 0. The zero-order valence-corrected chi connectivity index (χ0v) is 16.8. The summed E-state index contributed by atoms with van der Waals surface area (Å²) in [4.78, 5) is 14.5. The Morgan fingerprint density at radius 2 is 1.81 bits per heavy atom. The number of phenolic OH excluding ortho intramolecular Hbond substituents is 1. The number of carbonyl (C=O) groups is 1. The van der Waals surface area contributed by atoms with E-state index < -0.39 is 0 Å². The highest BCUT2D eigenvalue weighted by Gasteiger charge is 2.07. The molecule has 26 heavy (non-hydrogen) atoms. The monoisotopic (exact) mass is 419 g/mol. The van der Waals surface area contributed by atoms with Crippen LogP contribution in [0.3, 0.4) is 0 Å². The smallest absolute Gasteiger partial charge is 0.251 e. The second-order valence-electron chi connectivity index (χ2n) is 5.99. The van der Waals surface area contributed by atoms with Gasteiger partial charge in [0.2, 0.25) is 0 Å². The lowest BCUT2D eigenvalue weighted by Crippen LogP contribution is -2.34. The molecule has 0 saturated heterocycles. The average molecular weight is 420 g/mol. The molecule has 1 amide bonds. The highest BCUT2D eigenvalue weighted by Crippen LogP contribution is 2.23. The van der Waals surface area contributed by atoms with E-state index in [4.69, 9.17) is 0 Å². The Balaban J connectivity index is 1.85. The average Bonchev–Trinajstić information content (AvgIpc) is 2.66. The van der Waals surface area contributed by atoms with Gasteiger partial charge in [0.25, 0.3) is 5.91 Å². The molecule has 2 rings (SSSR count). The van der Waals surface area contributed by atoms with Crippen LogP contribution in [0.15, 0.2) is 46.9 Å². The third kappa shape index (κ3) is 6.04. The van der Waals surface area contributed by atoms with Gasteiger partial charge in [-0.15, -0.1) is 0 Å². The molecule has 0 heterocycles. The molecule has 6 heteroatoms. The number of phenols is 1. The number of hydrogen-bond acceptors (Lipinski definition) is 4. The van der Waals surface area contributed by atoms with E-state index >= 15 is 0 Å². The summed E-state index contributed by atoms with van der Waals surface area (Å²) in [6.45, 7) is 8.20. The quantitative estimate of drug-likeness (QED) is 0.577. The molecule has 0 fully saturated rings. The fraction of sp³-hybridized carbons (Fsp3) is 0.350. The molecule has 0 aliphatic heterocycles. The number of halogens is 1. The highest BCUT2D eigenvalue weighted by atomic mass is 79.9. The summed E-state index contributed by atoms with van der Waals surface area (Å²) in [6, 6.07) is 12.7. The first kappa shape index (κ1) is 20.3. The number of hydrogen-bond donors (Lipinski definition) is 3. The van der Waals surface area contributed by atoms with Gasteiger partial charge in [-0.1, -0.05) is 29.8 Å². The van der Waals surface area contributed by atoms with Gasteiger partial charge in [-0.05, 0) is 55.6 Å². The zero-order valence-electron chi connectivity index (χ0n) is 15.3. The second kappa shape index (κ2) is 10.2. The van der Waals surface area contributed by atoms with Crippen LogP contribution in [0, 0.1) is 0 Å². The Morgan fingerprint density at radius 3 is 2.46 bits per heavy atom. The van der Waals surface area contributed by atoms with Crippen molar-refractivity contribution in [2.75, 3.05) is 31.5 Å². The van der Waals surface area contributed by atoms with Gasteiger partial charge in [0, 0.05) is 40.9 Å². The van der Waals surface area contributed by atoms with Crippen molar-refractivity contribution in [1.82, 2.24) is 10.2 Å². The molecule has 0 spiro atoms. The van der Waals surface area contributed by atoms with Crippen LogP contribution >= 0.6 is 15.9 Å². The molecular weight excluding hydrogens is 394 g/mol. The van der Waals surface area contributed by atoms with Crippen molar-refractivity contribution in [1.29, 1.82) is 0 Å². The van der Waals surface area contributed by atoms with Crippen molar-refractivity contribution < 1.29 is 9.90 Å². The van der Waals surface area contributed by atoms with Crippen molar-refractivity contribution >= 4 is 27.5 Å². The first-order chi connectivity index (χ1) is 12.5. The van der Waals surface area contributed by atoms with Gasteiger partial charge >= 0.3 is 0 Å². The number of likely N-dealkylation sites (N-methyl/N-ethyl adjacent to an activating group) is 1. The topological polar surface area (TPSA) is 64.6 Å². The Bertz CT molecular complexity index is 715. The fourth-order valence-electron chi connectivity index (χ4n) is 2.60. The normalized spacial score (nSPS) is 10.8. The molecule has 5 nitrogen and oxygen atoms in total. The molecule has 0 saturated carbocycles. The van der Waals surface area contributed by atoms with Crippen molar-refractivity contribution in [3.05, 3.63) is 58.1 Å². The van der Waals surface area contributed by atoms with E-state index in [0.717, 1.165) is 35.4 Å². The summed E-state index contributed by atoms with van der Waals surface area (Å²) in [5, 5.41) is 16.1. The van der Waals surface area contributed by atoms with Gasteiger partial charge < -0.3 is 20.6 Å². The summed E-state index contributed by atoms with van der Waals surface area (Å²) in [5.74, 6) is 0.193. The number of aromatic hydroxyl groups is 1. The van der Waals surface area contributed by atoms with Gasteiger partial charge in [-0.3, -0.25) is 4.79 Å². The van der Waals surface area contributed by atoms with Crippen molar-refractivity contribution in [3.8, 4) is 5.75 Å². The largest absolute Gasteiger partial charge is 0.508 e. The lowest BCUT2D eigenvalue weighted by molar-refractivity contribution is 0.0949. The predicted octanol–water partition coefficient (Wildman–Crippen LogP) is 3.84. The summed E-state index contributed by atoms with van der Waals surface area (Å²) >= 11 is 3.40. The first-order valence-electron chi connectivity index (χ1n) is 8.85. The van der Waals surface area contributed by atoms with E-state index in [9.17, 15) is 9.90 Å². The van der Waals surface area contributed by atoms with Crippen LogP contribution in [0.1, 0.15) is 29.8 Å². The van der Waals surface area contributed by atoms with Crippen LogP contribution in [0.5, 0.6) is 5.75 Å². The SMILES string of the molecule is CCN(CC)CCNC(=O)c1ccc(NCc2cc(Br)ccc2O)cc1. The Hall–Kier alpha value is -2.05. The Labute approximate surface area is 163 Å². The second-order valence-corrected chi connectivity index (χ2v) is 6.90.